The summed E-state index contributed by atoms with van der Waals surface area (Å²) < 4.78 is 14.3. The molecule has 2 rings (SSSR count). The number of aromatic nitrogens is 3. The van der Waals surface area contributed by atoms with Crippen LogP contribution < -0.4 is 10.9 Å². The molecule has 20 heavy (non-hydrogen) atoms. The lowest BCUT2D eigenvalue weighted by Gasteiger charge is -2.17. The molecule has 1 heterocycles. The number of carbonyl (C=O) groups excluding carboxylic acids is 1. The Morgan fingerprint density at radius 2 is 1.90 bits per heavy atom. The molecule has 2 N–H and O–H groups in total. The lowest BCUT2D eigenvalue weighted by Crippen LogP contribution is -2.29. The lowest BCUT2D eigenvalue weighted by molar-refractivity contribution is 0.0957. The fourth-order valence-electron chi connectivity index (χ4n) is 1.42. The number of nitrogens with one attached hydrogen (secondary N) is 2. The van der Waals surface area contributed by atoms with Gasteiger partial charge in [0.05, 0.1) is 17.4 Å². The highest BCUT2D eigenvalue weighted by Crippen LogP contribution is 2.12. The number of carbonyl (C=O) groups is 1. The highest BCUT2D eigenvalue weighted by Gasteiger charge is 2.18. The molecule has 0 atom stereocenters. The van der Waals surface area contributed by atoms with Gasteiger partial charge in [-0.15, -0.1) is 5.10 Å². The zero-order chi connectivity index (χ0) is 14.8. The standard InChI is InChI=1S/C13H16FN5O/c1-13(2,3)19-8-11(16-18-19)12(20)17-15-10-6-4-9(14)5-7-10/h4-8,15H,1-3H3,(H,17,20). The van der Waals surface area contributed by atoms with Crippen LogP contribution in [0.2, 0.25) is 0 Å². The number of benzene rings is 1. The van der Waals surface area contributed by atoms with E-state index >= 15 is 0 Å². The van der Waals surface area contributed by atoms with Crippen LogP contribution in [-0.2, 0) is 5.54 Å². The largest absolute Gasteiger partial charge is 0.298 e. The van der Waals surface area contributed by atoms with Crippen LogP contribution in [0.4, 0.5) is 10.1 Å². The van der Waals surface area contributed by atoms with Crippen molar-refractivity contribution in [3.05, 3.63) is 42.0 Å². The van der Waals surface area contributed by atoms with Gasteiger partial charge in [0, 0.05) is 0 Å². The third-order valence-corrected chi connectivity index (χ3v) is 2.58. The first kappa shape index (κ1) is 14.0. The Labute approximate surface area is 116 Å². The van der Waals surface area contributed by atoms with Gasteiger partial charge in [0.15, 0.2) is 5.69 Å². The summed E-state index contributed by atoms with van der Waals surface area (Å²) >= 11 is 0. The molecule has 1 amide bonds. The SMILES string of the molecule is CC(C)(C)n1cc(C(=O)NNc2ccc(F)cc2)nn1. The Morgan fingerprint density at radius 1 is 1.25 bits per heavy atom. The lowest BCUT2D eigenvalue weighted by atomic mass is 10.1. The molecule has 0 spiro atoms. The van der Waals surface area contributed by atoms with E-state index in [0.29, 0.717) is 5.69 Å². The van der Waals surface area contributed by atoms with E-state index in [1.54, 1.807) is 10.9 Å². The van der Waals surface area contributed by atoms with Crippen molar-refractivity contribution in [1.29, 1.82) is 0 Å². The molecule has 0 fully saturated rings. The maximum Gasteiger partial charge on any atom is 0.291 e. The van der Waals surface area contributed by atoms with Gasteiger partial charge in [-0.25, -0.2) is 9.07 Å². The van der Waals surface area contributed by atoms with Gasteiger partial charge in [-0.05, 0) is 45.0 Å². The molecule has 0 saturated carbocycles. The number of hydrogen-bond donors (Lipinski definition) is 2. The van der Waals surface area contributed by atoms with E-state index in [4.69, 9.17) is 0 Å². The van der Waals surface area contributed by atoms with Crippen LogP contribution in [-0.4, -0.2) is 20.9 Å². The van der Waals surface area contributed by atoms with Gasteiger partial charge >= 0.3 is 0 Å². The van der Waals surface area contributed by atoms with Gasteiger partial charge in [0.1, 0.15) is 5.82 Å². The minimum Gasteiger partial charge on any atom is -0.298 e. The molecule has 7 heteroatoms. The molecule has 6 nitrogen and oxygen atoms in total. The van der Waals surface area contributed by atoms with Gasteiger partial charge in [0.2, 0.25) is 0 Å². The van der Waals surface area contributed by atoms with Gasteiger partial charge in [-0.2, -0.15) is 0 Å². The molecule has 0 unspecified atom stereocenters. The second kappa shape index (κ2) is 5.28. The van der Waals surface area contributed by atoms with Gasteiger partial charge in [-0.1, -0.05) is 5.21 Å². The van der Waals surface area contributed by atoms with Gasteiger partial charge in [0.25, 0.3) is 5.91 Å². The van der Waals surface area contributed by atoms with Crippen molar-refractivity contribution in [3.63, 3.8) is 0 Å². The number of nitrogens with zero attached hydrogens (tertiary/aromatic N) is 3. The Hall–Kier alpha value is -2.44. The molecule has 0 aliphatic heterocycles. The van der Waals surface area contributed by atoms with Crippen molar-refractivity contribution < 1.29 is 9.18 Å². The number of halogens is 1. The second-order valence-electron chi connectivity index (χ2n) is 5.31. The van der Waals surface area contributed by atoms with Crippen molar-refractivity contribution in [2.45, 2.75) is 26.3 Å². The van der Waals surface area contributed by atoms with E-state index in [0.717, 1.165) is 0 Å². The first-order valence-electron chi connectivity index (χ1n) is 6.11. The fraction of sp³-hybridized carbons (Fsp3) is 0.308. The van der Waals surface area contributed by atoms with Crippen molar-refractivity contribution in [2.24, 2.45) is 0 Å². The van der Waals surface area contributed by atoms with Crippen LogP contribution in [0.15, 0.2) is 30.5 Å². The van der Waals surface area contributed by atoms with Crippen LogP contribution in [0.5, 0.6) is 0 Å². The quantitative estimate of drug-likeness (QED) is 0.841. The summed E-state index contributed by atoms with van der Waals surface area (Å²) in [5.41, 5.74) is 5.68. The number of hydrogen-bond acceptors (Lipinski definition) is 4. The van der Waals surface area contributed by atoms with Crippen LogP contribution in [0.3, 0.4) is 0 Å². The predicted molar refractivity (Wildman–Crippen MR) is 72.5 cm³/mol. The normalized spacial score (nSPS) is 11.2. The van der Waals surface area contributed by atoms with E-state index in [-0.39, 0.29) is 17.1 Å². The van der Waals surface area contributed by atoms with Crippen molar-refractivity contribution in [1.82, 2.24) is 20.4 Å². The van der Waals surface area contributed by atoms with Crippen molar-refractivity contribution in [3.8, 4) is 0 Å². The maximum atomic E-state index is 12.7. The topological polar surface area (TPSA) is 71.8 Å². The molecular formula is C13H16FN5O. The second-order valence-corrected chi connectivity index (χ2v) is 5.31. The van der Waals surface area contributed by atoms with Crippen LogP contribution >= 0.6 is 0 Å². The Balaban J connectivity index is 1.98. The highest BCUT2D eigenvalue weighted by atomic mass is 19.1. The smallest absolute Gasteiger partial charge is 0.291 e. The first-order valence-corrected chi connectivity index (χ1v) is 6.11. The molecule has 0 aliphatic carbocycles. The van der Waals surface area contributed by atoms with Crippen LogP contribution in [0.25, 0.3) is 0 Å². The minimum absolute atomic E-state index is 0.203. The number of rotatable bonds is 3. The zero-order valence-corrected chi connectivity index (χ0v) is 11.5. The number of hydrazine groups is 1. The molecule has 106 valence electrons. The molecule has 0 radical (unpaired) electrons. The third-order valence-electron chi connectivity index (χ3n) is 2.58. The zero-order valence-electron chi connectivity index (χ0n) is 11.5. The molecule has 1 aromatic heterocycles. The molecule has 1 aromatic carbocycles. The summed E-state index contributed by atoms with van der Waals surface area (Å²) in [6.07, 6.45) is 1.57. The van der Waals surface area contributed by atoms with Crippen molar-refractivity contribution >= 4 is 11.6 Å². The summed E-state index contributed by atoms with van der Waals surface area (Å²) in [7, 11) is 0. The summed E-state index contributed by atoms with van der Waals surface area (Å²) in [6.45, 7) is 5.88. The van der Waals surface area contributed by atoms with Gasteiger partial charge in [-0.3, -0.25) is 15.6 Å². The molecule has 0 bridgehead atoms. The van der Waals surface area contributed by atoms with Crippen LogP contribution in [0, 0.1) is 5.82 Å². The van der Waals surface area contributed by atoms with E-state index in [9.17, 15) is 9.18 Å². The van der Waals surface area contributed by atoms with Crippen LogP contribution in [0.1, 0.15) is 31.3 Å². The third kappa shape index (κ3) is 3.31. The molecule has 0 saturated heterocycles. The average molecular weight is 277 g/mol. The maximum absolute atomic E-state index is 12.7. The number of amides is 1. The highest BCUT2D eigenvalue weighted by molar-refractivity contribution is 5.92. The number of anilines is 1. The summed E-state index contributed by atoms with van der Waals surface area (Å²) in [6, 6.07) is 5.62. The Morgan fingerprint density at radius 3 is 2.45 bits per heavy atom. The fourth-order valence-corrected chi connectivity index (χ4v) is 1.42. The molecular weight excluding hydrogens is 261 g/mol. The Kier molecular flexibility index (Phi) is 3.69. The molecule has 2 aromatic rings. The monoisotopic (exact) mass is 277 g/mol. The van der Waals surface area contributed by atoms with E-state index in [1.165, 1.54) is 24.3 Å². The van der Waals surface area contributed by atoms with E-state index < -0.39 is 5.91 Å². The minimum atomic E-state index is -0.412. The summed E-state index contributed by atoms with van der Waals surface area (Å²) in [5.74, 6) is -0.750. The van der Waals surface area contributed by atoms with Gasteiger partial charge < -0.3 is 0 Å². The van der Waals surface area contributed by atoms with E-state index in [1.807, 2.05) is 20.8 Å². The molecule has 0 aliphatic rings. The first-order chi connectivity index (χ1) is 9.36. The summed E-state index contributed by atoms with van der Waals surface area (Å²) in [5, 5.41) is 7.71. The predicted octanol–water partition coefficient (Wildman–Crippen LogP) is 1.93. The average Bonchev–Trinajstić information content (AvgIpc) is 2.87. The van der Waals surface area contributed by atoms with Crippen molar-refractivity contribution in [2.75, 3.05) is 5.43 Å². The van der Waals surface area contributed by atoms with E-state index in [2.05, 4.69) is 21.2 Å². The summed E-state index contributed by atoms with van der Waals surface area (Å²) in [4.78, 5) is 11.9. The Bertz CT molecular complexity index is 600.